The van der Waals surface area contributed by atoms with Gasteiger partial charge in [0, 0.05) is 40.9 Å². The van der Waals surface area contributed by atoms with Crippen LogP contribution < -0.4 is 15.6 Å². The molecule has 0 bridgehead atoms. The van der Waals surface area contributed by atoms with E-state index in [1.807, 2.05) is 0 Å². The van der Waals surface area contributed by atoms with Gasteiger partial charge in [-0.25, -0.2) is 5.43 Å². The first-order valence-corrected chi connectivity index (χ1v) is 11.5. The van der Waals surface area contributed by atoms with Crippen molar-refractivity contribution in [3.8, 4) is 5.75 Å². The fourth-order valence-electron chi connectivity index (χ4n) is 3.17. The highest BCUT2D eigenvalue weighted by Gasteiger charge is 2.18. The van der Waals surface area contributed by atoms with Crippen LogP contribution in [-0.2, 0) is 0 Å². The Labute approximate surface area is 205 Å². The molecule has 0 atom stereocenters. The van der Waals surface area contributed by atoms with Gasteiger partial charge in [0.15, 0.2) is 0 Å². The van der Waals surface area contributed by atoms with E-state index in [2.05, 4.69) is 67.6 Å². The van der Waals surface area contributed by atoms with E-state index < -0.39 is 4.92 Å². The van der Waals surface area contributed by atoms with Gasteiger partial charge in [-0.05, 0) is 53.0 Å². The number of phenolic OH excluding ortho intramolecular Hbond substituents is 1. The number of hydrazone groups is 1. The average Bonchev–Trinajstić information content (AvgIpc) is 3.32. The summed E-state index contributed by atoms with van der Waals surface area (Å²) in [5.74, 6) is 1.03. The van der Waals surface area contributed by atoms with Crippen LogP contribution in [0.1, 0.15) is 18.4 Å². The summed E-state index contributed by atoms with van der Waals surface area (Å²) in [7, 11) is 0. The van der Waals surface area contributed by atoms with E-state index in [0.29, 0.717) is 21.7 Å². The summed E-state index contributed by atoms with van der Waals surface area (Å²) in [6.07, 6.45) is 3.55. The number of halogens is 2. The molecule has 0 saturated carbocycles. The van der Waals surface area contributed by atoms with E-state index in [9.17, 15) is 15.2 Å². The highest BCUT2D eigenvalue weighted by molar-refractivity contribution is 9.11. The number of rotatable bonds is 7. The zero-order valence-corrected chi connectivity index (χ0v) is 20.2. The number of nitrogens with zero attached hydrogens (tertiary/aromatic N) is 6. The molecule has 0 unspecified atom stereocenters. The summed E-state index contributed by atoms with van der Waals surface area (Å²) in [5.41, 5.74) is 3.86. The maximum atomic E-state index is 10.9. The van der Waals surface area contributed by atoms with Gasteiger partial charge in [-0.15, -0.1) is 0 Å². The van der Waals surface area contributed by atoms with E-state index in [1.54, 1.807) is 24.3 Å². The van der Waals surface area contributed by atoms with Crippen LogP contribution in [0.5, 0.6) is 5.75 Å². The molecule has 1 aliphatic rings. The fourth-order valence-corrected chi connectivity index (χ4v) is 4.43. The molecule has 3 aromatic rings. The van der Waals surface area contributed by atoms with Crippen molar-refractivity contribution in [1.82, 2.24) is 15.0 Å². The zero-order valence-electron chi connectivity index (χ0n) is 17.1. The van der Waals surface area contributed by atoms with Crippen LogP contribution in [0.2, 0.25) is 0 Å². The minimum atomic E-state index is -0.458. The van der Waals surface area contributed by atoms with Crippen molar-refractivity contribution in [2.75, 3.05) is 28.7 Å². The van der Waals surface area contributed by atoms with Crippen molar-refractivity contribution < 1.29 is 10.0 Å². The molecule has 1 saturated heterocycles. The van der Waals surface area contributed by atoms with Crippen molar-refractivity contribution in [3.63, 3.8) is 0 Å². The lowest BCUT2D eigenvalue weighted by Crippen LogP contribution is -2.21. The molecule has 0 aliphatic carbocycles. The number of hydrogen-bond acceptors (Lipinski definition) is 10. The minimum absolute atomic E-state index is 0.00640. The summed E-state index contributed by atoms with van der Waals surface area (Å²) in [4.78, 5) is 25.7. The maximum absolute atomic E-state index is 10.9. The van der Waals surface area contributed by atoms with Crippen LogP contribution in [0.4, 0.5) is 29.2 Å². The van der Waals surface area contributed by atoms with Gasteiger partial charge in [-0.2, -0.15) is 20.1 Å². The number of hydrogen-bond donors (Lipinski definition) is 3. The molecule has 170 valence electrons. The molecule has 0 radical (unpaired) electrons. The van der Waals surface area contributed by atoms with Crippen molar-refractivity contribution in [2.45, 2.75) is 12.8 Å². The number of nitro groups is 1. The fraction of sp³-hybridized carbons (Fsp3) is 0.200. The molecule has 4 rings (SSSR count). The van der Waals surface area contributed by atoms with Gasteiger partial charge in [-0.1, -0.05) is 15.9 Å². The third-order valence-electron chi connectivity index (χ3n) is 4.77. The predicted octanol–water partition coefficient (Wildman–Crippen LogP) is 4.80. The minimum Gasteiger partial charge on any atom is -0.506 e. The molecule has 0 spiro atoms. The van der Waals surface area contributed by atoms with Gasteiger partial charge >= 0.3 is 0 Å². The molecule has 13 heteroatoms. The van der Waals surface area contributed by atoms with Crippen LogP contribution >= 0.6 is 31.9 Å². The maximum Gasteiger partial charge on any atom is 0.269 e. The lowest BCUT2D eigenvalue weighted by atomic mass is 10.2. The van der Waals surface area contributed by atoms with Crippen molar-refractivity contribution in [2.24, 2.45) is 5.10 Å². The predicted molar refractivity (Wildman–Crippen MR) is 132 cm³/mol. The Hall–Kier alpha value is -3.32. The SMILES string of the molecule is O=[N+]([O-])c1ccc(Nc2nc(N/N=C/c3cc(Br)cc(Br)c3O)nc(N3CCCC3)n2)cc1. The number of aromatic hydroxyl groups is 1. The second-order valence-electron chi connectivity index (χ2n) is 7.10. The second-order valence-corrected chi connectivity index (χ2v) is 8.87. The lowest BCUT2D eigenvalue weighted by molar-refractivity contribution is -0.384. The smallest absolute Gasteiger partial charge is 0.269 e. The average molecular weight is 578 g/mol. The molecular formula is C20H18Br2N8O3. The second kappa shape index (κ2) is 10.1. The van der Waals surface area contributed by atoms with Crippen molar-refractivity contribution in [1.29, 1.82) is 0 Å². The van der Waals surface area contributed by atoms with E-state index in [-0.39, 0.29) is 23.3 Å². The Morgan fingerprint density at radius 1 is 1.09 bits per heavy atom. The van der Waals surface area contributed by atoms with Gasteiger partial charge in [0.05, 0.1) is 15.6 Å². The van der Waals surface area contributed by atoms with Crippen LogP contribution in [-0.4, -0.2) is 44.3 Å². The van der Waals surface area contributed by atoms with E-state index in [0.717, 1.165) is 30.4 Å². The van der Waals surface area contributed by atoms with Gasteiger partial charge < -0.3 is 15.3 Å². The molecular weight excluding hydrogens is 560 g/mol. The third-order valence-corrected chi connectivity index (χ3v) is 5.83. The topological polar surface area (TPSA) is 142 Å². The number of phenols is 1. The van der Waals surface area contributed by atoms with Crippen LogP contribution in [0.15, 0.2) is 50.4 Å². The van der Waals surface area contributed by atoms with E-state index in [4.69, 9.17) is 0 Å². The molecule has 2 heterocycles. The summed E-state index contributed by atoms with van der Waals surface area (Å²) in [6, 6.07) is 9.40. The van der Waals surface area contributed by atoms with Crippen LogP contribution in [0.3, 0.4) is 0 Å². The number of nitrogens with one attached hydrogen (secondary N) is 2. The molecule has 33 heavy (non-hydrogen) atoms. The first-order valence-electron chi connectivity index (χ1n) is 9.88. The Morgan fingerprint density at radius 3 is 2.48 bits per heavy atom. The van der Waals surface area contributed by atoms with Gasteiger partial charge in [-0.3, -0.25) is 10.1 Å². The van der Waals surface area contributed by atoms with Crippen molar-refractivity contribution >= 4 is 67.3 Å². The summed E-state index contributed by atoms with van der Waals surface area (Å²) in [5, 5.41) is 28.3. The number of non-ortho nitro benzene ring substituents is 1. The Kier molecular flexibility index (Phi) is 6.99. The first kappa shape index (κ1) is 22.9. The number of aromatic nitrogens is 3. The Bertz CT molecular complexity index is 1200. The van der Waals surface area contributed by atoms with Crippen molar-refractivity contribution in [3.05, 3.63) is 61.0 Å². The van der Waals surface area contributed by atoms with Crippen LogP contribution in [0, 0.1) is 10.1 Å². The monoisotopic (exact) mass is 576 g/mol. The summed E-state index contributed by atoms with van der Waals surface area (Å²) in [6.45, 7) is 1.67. The first-order chi connectivity index (χ1) is 15.9. The quantitative estimate of drug-likeness (QED) is 0.205. The van der Waals surface area contributed by atoms with Gasteiger partial charge in [0.25, 0.3) is 5.69 Å². The molecule has 1 aromatic heterocycles. The number of nitro benzene ring substituents is 1. The molecule has 2 aromatic carbocycles. The molecule has 1 fully saturated rings. The van der Waals surface area contributed by atoms with E-state index >= 15 is 0 Å². The Morgan fingerprint density at radius 2 is 1.79 bits per heavy atom. The third kappa shape index (κ3) is 5.73. The normalized spacial score (nSPS) is 13.5. The molecule has 1 aliphatic heterocycles. The Balaban J connectivity index is 1.58. The lowest BCUT2D eigenvalue weighted by Gasteiger charge is -2.16. The summed E-state index contributed by atoms with van der Waals surface area (Å²) >= 11 is 6.67. The molecule has 0 amide bonds. The zero-order chi connectivity index (χ0) is 23.4. The van der Waals surface area contributed by atoms with Gasteiger partial charge in [0.1, 0.15) is 5.75 Å². The molecule has 3 N–H and O–H groups in total. The highest BCUT2D eigenvalue weighted by atomic mass is 79.9. The number of anilines is 4. The van der Waals surface area contributed by atoms with Crippen LogP contribution in [0.25, 0.3) is 0 Å². The number of benzene rings is 2. The molecule has 11 nitrogen and oxygen atoms in total. The van der Waals surface area contributed by atoms with Gasteiger partial charge in [0.2, 0.25) is 17.8 Å². The largest absolute Gasteiger partial charge is 0.506 e. The highest BCUT2D eigenvalue weighted by Crippen LogP contribution is 2.30. The standard InChI is InChI=1S/C20H18Br2N8O3/c21-13-9-12(17(31)16(22)10-13)11-23-28-19-25-18(26-20(27-19)29-7-1-2-8-29)24-14-3-5-15(6-4-14)30(32)33/h3-6,9-11,31H,1-2,7-8H2,(H2,24,25,26,27,28)/b23-11+. The summed E-state index contributed by atoms with van der Waals surface area (Å²) < 4.78 is 1.31. The van der Waals surface area contributed by atoms with E-state index in [1.165, 1.54) is 18.3 Å².